The largest absolute Gasteiger partial charge is 0.496 e. The molecule has 2 saturated heterocycles. The standard InChI is InChI=1S/C33H41NO8/c1-19(35)40-25-12-9-22-10-13-30(38-4)26(15-22)27-16-23(11-14-31(27)39-5)29-18-32(41-20(2)36)33(42-21(3)37)28-8-6-7-24(17-25)34(28)29/h10-11,13-16,24-25,28-29,32-33H,6-9,12,17-18H2,1-5H3/t24-,25-,28+,29-,32+,33+/m1/s1. The van der Waals surface area contributed by atoms with Gasteiger partial charge in [-0.15, -0.1) is 0 Å². The van der Waals surface area contributed by atoms with Gasteiger partial charge >= 0.3 is 17.9 Å². The number of hydrogen-bond acceptors (Lipinski definition) is 9. The Hall–Kier alpha value is -3.59. The number of carbonyl (C=O) groups excluding carboxylic acids is 3. The molecule has 0 aromatic heterocycles. The highest BCUT2D eigenvalue weighted by Crippen LogP contribution is 2.47. The molecule has 0 unspecified atom stereocenters. The number of ether oxygens (including phenoxy) is 5. The van der Waals surface area contributed by atoms with E-state index >= 15 is 0 Å². The van der Waals surface area contributed by atoms with Gasteiger partial charge in [0.05, 0.1) is 20.3 Å². The average Bonchev–Trinajstić information content (AvgIpc) is 2.95. The molecule has 226 valence electrons. The highest BCUT2D eigenvalue weighted by molar-refractivity contribution is 5.77. The van der Waals surface area contributed by atoms with Crippen LogP contribution in [0.4, 0.5) is 0 Å². The summed E-state index contributed by atoms with van der Waals surface area (Å²) in [6.07, 6.45) is 3.65. The predicted octanol–water partition coefficient (Wildman–Crippen LogP) is 5.17. The number of hydrogen-bond donors (Lipinski definition) is 0. The van der Waals surface area contributed by atoms with Crippen molar-refractivity contribution in [3.63, 3.8) is 0 Å². The van der Waals surface area contributed by atoms with Crippen LogP contribution in [0.15, 0.2) is 36.4 Å². The molecule has 0 spiro atoms. The minimum atomic E-state index is -0.597. The molecule has 0 amide bonds. The van der Waals surface area contributed by atoms with Gasteiger partial charge in [-0.25, -0.2) is 0 Å². The van der Waals surface area contributed by atoms with Crippen LogP contribution in [0.5, 0.6) is 11.5 Å². The fraction of sp³-hybridized carbons (Fsp3) is 0.545. The molecule has 3 heterocycles. The van der Waals surface area contributed by atoms with Crippen molar-refractivity contribution in [3.05, 3.63) is 47.5 Å². The van der Waals surface area contributed by atoms with E-state index in [1.165, 1.54) is 20.8 Å². The van der Waals surface area contributed by atoms with E-state index < -0.39 is 24.1 Å². The third-order valence-electron chi connectivity index (χ3n) is 8.81. The molecule has 2 aromatic rings. The minimum absolute atomic E-state index is 0.0680. The molecule has 0 N–H and O–H groups in total. The maximum Gasteiger partial charge on any atom is 0.303 e. The Labute approximate surface area is 247 Å². The number of benzene rings is 2. The van der Waals surface area contributed by atoms with Gasteiger partial charge in [0.1, 0.15) is 23.7 Å². The predicted molar refractivity (Wildman–Crippen MR) is 155 cm³/mol. The van der Waals surface area contributed by atoms with Crippen LogP contribution >= 0.6 is 0 Å². The van der Waals surface area contributed by atoms with E-state index in [0.717, 1.165) is 59.4 Å². The lowest BCUT2D eigenvalue weighted by molar-refractivity contribution is -0.192. The molecule has 3 aliphatic rings. The van der Waals surface area contributed by atoms with Gasteiger partial charge in [-0.3, -0.25) is 19.3 Å². The number of nitrogens with zero attached hydrogens (tertiary/aromatic N) is 1. The Kier molecular flexibility index (Phi) is 9.06. The van der Waals surface area contributed by atoms with E-state index in [2.05, 4.69) is 29.2 Å². The van der Waals surface area contributed by atoms with Crippen molar-refractivity contribution in [2.45, 2.75) is 102 Å². The number of carbonyl (C=O) groups is 3. The zero-order valence-corrected chi connectivity index (χ0v) is 25.1. The Morgan fingerprint density at radius 2 is 1.43 bits per heavy atom. The topological polar surface area (TPSA) is 101 Å². The van der Waals surface area contributed by atoms with Gasteiger partial charge in [0.25, 0.3) is 0 Å². The van der Waals surface area contributed by atoms with E-state index in [1.807, 2.05) is 12.1 Å². The van der Waals surface area contributed by atoms with Crippen LogP contribution in [0.1, 0.15) is 76.5 Å². The van der Waals surface area contributed by atoms with E-state index in [0.29, 0.717) is 19.3 Å². The van der Waals surface area contributed by atoms with Gasteiger partial charge in [0.2, 0.25) is 0 Å². The molecular formula is C33H41NO8. The first-order valence-corrected chi connectivity index (χ1v) is 14.8. The van der Waals surface area contributed by atoms with E-state index in [9.17, 15) is 14.4 Å². The molecule has 3 aliphatic heterocycles. The summed E-state index contributed by atoms with van der Waals surface area (Å²) in [5, 5.41) is 0. The lowest BCUT2D eigenvalue weighted by atomic mass is 9.78. The van der Waals surface area contributed by atoms with Crippen LogP contribution < -0.4 is 9.47 Å². The van der Waals surface area contributed by atoms with Crippen molar-refractivity contribution in [2.75, 3.05) is 14.2 Å². The summed E-state index contributed by atoms with van der Waals surface area (Å²) in [7, 11) is 3.31. The van der Waals surface area contributed by atoms with Crippen molar-refractivity contribution in [1.29, 1.82) is 0 Å². The molecule has 2 aromatic carbocycles. The van der Waals surface area contributed by atoms with Crippen LogP contribution in [0.3, 0.4) is 0 Å². The Balaban J connectivity index is 1.69. The van der Waals surface area contributed by atoms with Gasteiger partial charge in [-0.2, -0.15) is 0 Å². The number of piperidine rings is 2. The Morgan fingerprint density at radius 1 is 0.762 bits per heavy atom. The van der Waals surface area contributed by atoms with Crippen LogP contribution in [0, 0.1) is 0 Å². The van der Waals surface area contributed by atoms with E-state index in [1.54, 1.807) is 14.2 Å². The van der Waals surface area contributed by atoms with Gasteiger partial charge in [-0.1, -0.05) is 18.6 Å². The van der Waals surface area contributed by atoms with Crippen LogP contribution in [-0.2, 0) is 35.0 Å². The summed E-state index contributed by atoms with van der Waals surface area (Å²) in [5.74, 6) is 0.338. The quantitative estimate of drug-likeness (QED) is 0.351. The lowest BCUT2D eigenvalue weighted by Crippen LogP contribution is -2.62. The third kappa shape index (κ3) is 6.26. The zero-order chi connectivity index (χ0) is 30.0. The van der Waals surface area contributed by atoms with Crippen molar-refractivity contribution in [2.24, 2.45) is 0 Å². The molecule has 0 saturated carbocycles. The molecule has 5 rings (SSSR count). The normalized spacial score (nSPS) is 27.2. The minimum Gasteiger partial charge on any atom is -0.496 e. The number of fused-ring (bicyclic) bond motifs is 6. The van der Waals surface area contributed by atoms with Crippen molar-refractivity contribution < 1.29 is 38.1 Å². The van der Waals surface area contributed by atoms with Crippen molar-refractivity contribution in [1.82, 2.24) is 4.90 Å². The summed E-state index contributed by atoms with van der Waals surface area (Å²) < 4.78 is 29.2. The summed E-state index contributed by atoms with van der Waals surface area (Å²) in [5.41, 5.74) is 3.96. The molecule has 9 nitrogen and oxygen atoms in total. The highest BCUT2D eigenvalue weighted by atomic mass is 16.6. The maximum atomic E-state index is 12.3. The van der Waals surface area contributed by atoms with Gasteiger partial charge in [0.15, 0.2) is 6.10 Å². The van der Waals surface area contributed by atoms with Crippen molar-refractivity contribution in [3.8, 4) is 22.6 Å². The summed E-state index contributed by atoms with van der Waals surface area (Å²) in [4.78, 5) is 39.2. The molecule has 42 heavy (non-hydrogen) atoms. The fourth-order valence-electron chi connectivity index (χ4n) is 7.25. The summed E-state index contributed by atoms with van der Waals surface area (Å²) in [6.45, 7) is 4.24. The van der Waals surface area contributed by atoms with Gasteiger partial charge in [0, 0.05) is 50.4 Å². The molecule has 0 aliphatic carbocycles. The number of methoxy groups -OCH3 is 2. The Morgan fingerprint density at radius 3 is 2.10 bits per heavy atom. The van der Waals surface area contributed by atoms with Crippen molar-refractivity contribution >= 4 is 17.9 Å². The molecule has 2 fully saturated rings. The second-order valence-corrected chi connectivity index (χ2v) is 11.6. The van der Waals surface area contributed by atoms with Gasteiger partial charge in [-0.05, 0) is 67.5 Å². The summed E-state index contributed by atoms with van der Waals surface area (Å²) >= 11 is 0. The number of esters is 3. The summed E-state index contributed by atoms with van der Waals surface area (Å²) in [6, 6.07) is 12.1. The molecule has 6 atom stereocenters. The van der Waals surface area contributed by atoms with E-state index in [-0.39, 0.29) is 30.2 Å². The first-order valence-electron chi connectivity index (χ1n) is 14.8. The SMILES string of the molecule is COc1ccc2cc1-c1cc(ccc1OC)[C@H]1C[C@H](OC(C)=O)[C@@H](OC(C)=O)[C@@H]3CCC[C@H](C[C@H](OC(C)=O)CC2)N13. The second kappa shape index (κ2) is 12.7. The molecule has 4 bridgehead atoms. The van der Waals surface area contributed by atoms with E-state index in [4.69, 9.17) is 23.7 Å². The monoisotopic (exact) mass is 579 g/mol. The first kappa shape index (κ1) is 29.9. The fourth-order valence-corrected chi connectivity index (χ4v) is 7.25. The molecule has 0 radical (unpaired) electrons. The maximum absolute atomic E-state index is 12.3. The van der Waals surface area contributed by atoms with Crippen LogP contribution in [0.2, 0.25) is 0 Å². The highest BCUT2D eigenvalue weighted by Gasteiger charge is 2.51. The first-order chi connectivity index (χ1) is 20.2. The lowest BCUT2D eigenvalue weighted by Gasteiger charge is -2.54. The smallest absolute Gasteiger partial charge is 0.303 e. The Bertz CT molecular complexity index is 1330. The van der Waals surface area contributed by atoms with Gasteiger partial charge < -0.3 is 23.7 Å². The van der Waals surface area contributed by atoms with Crippen LogP contribution in [-0.4, -0.2) is 67.4 Å². The average molecular weight is 580 g/mol. The number of rotatable bonds is 5. The zero-order valence-electron chi connectivity index (χ0n) is 25.1. The number of aryl methyl sites for hydroxylation is 1. The second-order valence-electron chi connectivity index (χ2n) is 11.6. The molecular weight excluding hydrogens is 538 g/mol. The third-order valence-corrected chi connectivity index (χ3v) is 8.81. The molecule has 9 heteroatoms. The van der Waals surface area contributed by atoms with Crippen LogP contribution in [0.25, 0.3) is 11.1 Å².